The minimum atomic E-state index is -0.669. The second kappa shape index (κ2) is 4.65. The van der Waals surface area contributed by atoms with Crippen molar-refractivity contribution in [1.82, 2.24) is 14.5 Å². The summed E-state index contributed by atoms with van der Waals surface area (Å²) in [6, 6.07) is 0. The van der Waals surface area contributed by atoms with Gasteiger partial charge in [-0.1, -0.05) is 6.92 Å². The highest BCUT2D eigenvalue weighted by Crippen LogP contribution is 2.22. The Morgan fingerprint density at radius 1 is 1.50 bits per heavy atom. The van der Waals surface area contributed by atoms with Crippen LogP contribution >= 0.6 is 0 Å². The molecule has 1 fully saturated rings. The zero-order valence-electron chi connectivity index (χ0n) is 9.41. The first-order valence-electron chi connectivity index (χ1n) is 5.57. The Morgan fingerprint density at radius 2 is 2.31 bits per heavy atom. The van der Waals surface area contributed by atoms with Crippen LogP contribution in [0.5, 0.6) is 0 Å². The first-order chi connectivity index (χ1) is 7.66. The molecule has 0 amide bonds. The van der Waals surface area contributed by atoms with E-state index in [2.05, 4.69) is 9.88 Å². The van der Waals surface area contributed by atoms with Gasteiger partial charge < -0.3 is 14.6 Å². The Bertz CT molecular complexity index is 350. The van der Waals surface area contributed by atoms with E-state index in [9.17, 15) is 4.79 Å². The van der Waals surface area contributed by atoms with E-state index < -0.39 is 5.97 Å². The van der Waals surface area contributed by atoms with Gasteiger partial charge in [0.2, 0.25) is 0 Å². The van der Waals surface area contributed by atoms with Crippen LogP contribution in [-0.4, -0.2) is 45.2 Å². The van der Waals surface area contributed by atoms with E-state index in [1.54, 1.807) is 12.5 Å². The van der Waals surface area contributed by atoms with E-state index in [1.165, 1.54) is 0 Å². The first kappa shape index (κ1) is 11.1. The molecule has 2 atom stereocenters. The summed E-state index contributed by atoms with van der Waals surface area (Å²) < 4.78 is 2.01. The summed E-state index contributed by atoms with van der Waals surface area (Å²) >= 11 is 0. The summed E-state index contributed by atoms with van der Waals surface area (Å²) in [4.78, 5) is 17.1. The predicted molar refractivity (Wildman–Crippen MR) is 59.0 cm³/mol. The second-order valence-electron chi connectivity index (χ2n) is 4.48. The van der Waals surface area contributed by atoms with Crippen LogP contribution in [-0.2, 0) is 11.3 Å². The lowest BCUT2D eigenvalue weighted by Crippen LogP contribution is -2.26. The molecule has 1 aliphatic rings. The van der Waals surface area contributed by atoms with Gasteiger partial charge in [-0.2, -0.15) is 0 Å². The summed E-state index contributed by atoms with van der Waals surface area (Å²) in [5.74, 6) is -0.624. The van der Waals surface area contributed by atoms with Crippen LogP contribution in [0.3, 0.4) is 0 Å². The number of carbonyl (C=O) groups is 1. The van der Waals surface area contributed by atoms with Gasteiger partial charge >= 0.3 is 5.97 Å². The number of likely N-dealkylation sites (tertiary alicyclic amines) is 1. The van der Waals surface area contributed by atoms with Gasteiger partial charge in [0.1, 0.15) is 0 Å². The Kier molecular flexibility index (Phi) is 3.24. The highest BCUT2D eigenvalue weighted by Gasteiger charge is 2.34. The average molecular weight is 223 g/mol. The molecule has 5 nitrogen and oxygen atoms in total. The fourth-order valence-corrected chi connectivity index (χ4v) is 2.25. The molecule has 0 aromatic carbocycles. The van der Waals surface area contributed by atoms with E-state index in [4.69, 9.17) is 5.11 Å². The van der Waals surface area contributed by atoms with Crippen LogP contribution < -0.4 is 0 Å². The molecule has 88 valence electrons. The minimum Gasteiger partial charge on any atom is -0.481 e. The van der Waals surface area contributed by atoms with Crippen LogP contribution in [0.25, 0.3) is 0 Å². The molecule has 1 N–H and O–H groups in total. The Labute approximate surface area is 94.7 Å². The lowest BCUT2D eigenvalue weighted by molar-refractivity contribution is -0.142. The number of aliphatic carboxylic acids is 1. The Balaban J connectivity index is 1.82. The number of nitrogens with zero attached hydrogens (tertiary/aromatic N) is 3. The maximum Gasteiger partial charge on any atom is 0.308 e. The van der Waals surface area contributed by atoms with Crippen molar-refractivity contribution < 1.29 is 9.90 Å². The highest BCUT2D eigenvalue weighted by molar-refractivity contribution is 5.71. The Hall–Kier alpha value is -1.36. The summed E-state index contributed by atoms with van der Waals surface area (Å²) in [6.07, 6.45) is 5.47. The number of aromatic nitrogens is 2. The average Bonchev–Trinajstić information content (AvgIpc) is 2.83. The van der Waals surface area contributed by atoms with Crippen molar-refractivity contribution in [1.29, 1.82) is 0 Å². The van der Waals surface area contributed by atoms with Crippen LogP contribution in [0.4, 0.5) is 0 Å². The summed E-state index contributed by atoms with van der Waals surface area (Å²) in [7, 11) is 0. The minimum absolute atomic E-state index is 0.206. The molecule has 5 heteroatoms. The topological polar surface area (TPSA) is 58.4 Å². The molecular formula is C11H17N3O2. The second-order valence-corrected chi connectivity index (χ2v) is 4.48. The van der Waals surface area contributed by atoms with Gasteiger partial charge in [-0.15, -0.1) is 0 Å². The van der Waals surface area contributed by atoms with Crippen LogP contribution in [0.2, 0.25) is 0 Å². The molecular weight excluding hydrogens is 206 g/mol. The van der Waals surface area contributed by atoms with Crippen LogP contribution in [0, 0.1) is 11.8 Å². The molecule has 0 aliphatic carbocycles. The van der Waals surface area contributed by atoms with E-state index in [-0.39, 0.29) is 11.8 Å². The molecule has 16 heavy (non-hydrogen) atoms. The fourth-order valence-electron chi connectivity index (χ4n) is 2.25. The third kappa shape index (κ3) is 2.41. The molecule has 2 unspecified atom stereocenters. The molecule has 1 saturated heterocycles. The van der Waals surface area contributed by atoms with Crippen molar-refractivity contribution >= 4 is 5.97 Å². The zero-order chi connectivity index (χ0) is 11.5. The third-order valence-electron chi connectivity index (χ3n) is 3.24. The van der Waals surface area contributed by atoms with Crippen LogP contribution in [0.15, 0.2) is 18.7 Å². The van der Waals surface area contributed by atoms with Crippen molar-refractivity contribution in [3.05, 3.63) is 18.7 Å². The maximum atomic E-state index is 10.9. The SMILES string of the molecule is CC1CN(CCn2ccnc2)CC1C(=O)O. The summed E-state index contributed by atoms with van der Waals surface area (Å²) in [6.45, 7) is 5.33. The largest absolute Gasteiger partial charge is 0.481 e. The molecule has 0 saturated carbocycles. The zero-order valence-corrected chi connectivity index (χ0v) is 9.41. The molecule has 2 heterocycles. The van der Waals surface area contributed by atoms with Gasteiger partial charge in [0, 0.05) is 38.6 Å². The predicted octanol–water partition coefficient (Wildman–Crippen LogP) is 0.536. The molecule has 0 bridgehead atoms. The van der Waals surface area contributed by atoms with E-state index in [0.29, 0.717) is 6.54 Å². The molecule has 0 radical (unpaired) electrons. The summed E-state index contributed by atoms with van der Waals surface area (Å²) in [5.41, 5.74) is 0. The monoisotopic (exact) mass is 223 g/mol. The lowest BCUT2D eigenvalue weighted by atomic mass is 9.99. The number of carboxylic acid groups (broad SMARTS) is 1. The number of hydrogen-bond donors (Lipinski definition) is 1. The first-order valence-corrected chi connectivity index (χ1v) is 5.57. The van der Waals surface area contributed by atoms with Crippen molar-refractivity contribution in [3.63, 3.8) is 0 Å². The van der Waals surface area contributed by atoms with E-state index >= 15 is 0 Å². The molecule has 1 aromatic heterocycles. The smallest absolute Gasteiger partial charge is 0.308 e. The van der Waals surface area contributed by atoms with Gasteiger partial charge in [-0.25, -0.2) is 4.98 Å². The van der Waals surface area contributed by atoms with Crippen molar-refractivity contribution in [3.8, 4) is 0 Å². The molecule has 1 aromatic rings. The van der Waals surface area contributed by atoms with E-state index in [1.807, 2.05) is 17.7 Å². The molecule has 1 aliphatic heterocycles. The molecule has 0 spiro atoms. The third-order valence-corrected chi connectivity index (χ3v) is 3.24. The summed E-state index contributed by atoms with van der Waals surface area (Å²) in [5, 5.41) is 9.01. The number of rotatable bonds is 4. The normalized spacial score (nSPS) is 26.1. The van der Waals surface area contributed by atoms with Crippen LogP contribution in [0.1, 0.15) is 6.92 Å². The quantitative estimate of drug-likeness (QED) is 0.809. The van der Waals surface area contributed by atoms with Crippen molar-refractivity contribution in [2.24, 2.45) is 11.8 Å². The van der Waals surface area contributed by atoms with Gasteiger partial charge in [-0.3, -0.25) is 4.79 Å². The van der Waals surface area contributed by atoms with Crippen molar-refractivity contribution in [2.75, 3.05) is 19.6 Å². The highest BCUT2D eigenvalue weighted by atomic mass is 16.4. The maximum absolute atomic E-state index is 10.9. The standard InChI is InChI=1S/C11H17N3O2/c1-9-6-14(7-10(9)11(15)16)5-4-13-3-2-12-8-13/h2-3,8-10H,4-7H2,1H3,(H,15,16). The van der Waals surface area contributed by atoms with Gasteiger partial charge in [0.05, 0.1) is 12.2 Å². The van der Waals surface area contributed by atoms with Crippen molar-refractivity contribution in [2.45, 2.75) is 13.5 Å². The number of imidazole rings is 1. The van der Waals surface area contributed by atoms with E-state index in [0.717, 1.165) is 19.6 Å². The fraction of sp³-hybridized carbons (Fsp3) is 0.636. The van der Waals surface area contributed by atoms with Gasteiger partial charge in [0.15, 0.2) is 0 Å². The number of hydrogen-bond acceptors (Lipinski definition) is 3. The van der Waals surface area contributed by atoms with Gasteiger partial charge in [-0.05, 0) is 5.92 Å². The number of carboxylic acids is 1. The Morgan fingerprint density at radius 3 is 2.88 bits per heavy atom. The molecule has 2 rings (SSSR count). The lowest BCUT2D eigenvalue weighted by Gasteiger charge is -2.15. The van der Waals surface area contributed by atoms with Gasteiger partial charge in [0.25, 0.3) is 0 Å².